The third-order valence-electron chi connectivity index (χ3n) is 4.11. The number of benzene rings is 2. The van der Waals surface area contributed by atoms with Crippen molar-refractivity contribution in [3.63, 3.8) is 0 Å². The second kappa shape index (κ2) is 6.52. The zero-order chi connectivity index (χ0) is 18.2. The SMILES string of the molecule is COc1ccc(S(=O)(=O)NC2CC(C)(C)Oc3ccccc32)cc1Cl. The minimum absolute atomic E-state index is 0.0973. The number of fused-ring (bicyclic) bond motifs is 1. The molecule has 1 heterocycles. The van der Waals surface area contributed by atoms with Gasteiger partial charge in [0.25, 0.3) is 0 Å². The number of hydrogen-bond acceptors (Lipinski definition) is 4. The zero-order valence-electron chi connectivity index (χ0n) is 14.2. The van der Waals surface area contributed by atoms with E-state index < -0.39 is 15.6 Å². The zero-order valence-corrected chi connectivity index (χ0v) is 15.8. The summed E-state index contributed by atoms with van der Waals surface area (Å²) in [6, 6.07) is 11.5. The molecule has 25 heavy (non-hydrogen) atoms. The maximum absolute atomic E-state index is 12.8. The third-order valence-corrected chi connectivity index (χ3v) is 5.87. The van der Waals surface area contributed by atoms with E-state index in [2.05, 4.69) is 4.72 Å². The molecule has 0 aromatic heterocycles. The van der Waals surface area contributed by atoms with E-state index in [9.17, 15) is 8.42 Å². The molecule has 1 unspecified atom stereocenters. The van der Waals surface area contributed by atoms with Gasteiger partial charge in [-0.1, -0.05) is 29.8 Å². The van der Waals surface area contributed by atoms with E-state index in [-0.39, 0.29) is 16.0 Å². The molecule has 1 N–H and O–H groups in total. The van der Waals surface area contributed by atoms with Gasteiger partial charge in [-0.3, -0.25) is 0 Å². The Bertz CT molecular complexity index is 896. The van der Waals surface area contributed by atoms with Crippen LogP contribution < -0.4 is 14.2 Å². The molecule has 0 fully saturated rings. The Kier molecular flexibility index (Phi) is 4.70. The number of para-hydroxylation sites is 1. The van der Waals surface area contributed by atoms with Gasteiger partial charge in [0, 0.05) is 12.0 Å². The van der Waals surface area contributed by atoms with E-state index in [0.29, 0.717) is 17.9 Å². The lowest BCUT2D eigenvalue weighted by Crippen LogP contribution is -2.41. The van der Waals surface area contributed by atoms with Gasteiger partial charge in [-0.05, 0) is 38.1 Å². The second-order valence-electron chi connectivity index (χ2n) is 6.57. The number of ether oxygens (including phenoxy) is 2. The standard InChI is InChI=1S/C18H20ClNO4S/c1-18(2)11-15(13-6-4-5-7-16(13)24-18)20-25(21,22)12-8-9-17(23-3)14(19)10-12/h4-10,15,20H,11H2,1-3H3. The first-order chi connectivity index (χ1) is 11.7. The second-order valence-corrected chi connectivity index (χ2v) is 8.70. The minimum atomic E-state index is -3.75. The van der Waals surface area contributed by atoms with Crippen LogP contribution in [0.25, 0.3) is 0 Å². The fourth-order valence-electron chi connectivity index (χ4n) is 2.98. The van der Waals surface area contributed by atoms with Crippen LogP contribution in [-0.4, -0.2) is 21.1 Å². The first-order valence-corrected chi connectivity index (χ1v) is 9.72. The van der Waals surface area contributed by atoms with Crippen LogP contribution in [0.5, 0.6) is 11.5 Å². The highest BCUT2D eigenvalue weighted by molar-refractivity contribution is 7.89. The predicted octanol–water partition coefficient (Wildman–Crippen LogP) is 3.93. The Morgan fingerprint density at radius 1 is 1.24 bits per heavy atom. The van der Waals surface area contributed by atoms with Crippen molar-refractivity contribution in [1.29, 1.82) is 0 Å². The topological polar surface area (TPSA) is 64.6 Å². The van der Waals surface area contributed by atoms with Crippen LogP contribution >= 0.6 is 11.6 Å². The maximum atomic E-state index is 12.8. The summed E-state index contributed by atoms with van der Waals surface area (Å²) in [5.74, 6) is 1.12. The van der Waals surface area contributed by atoms with E-state index in [0.717, 1.165) is 5.56 Å². The molecule has 3 rings (SSSR count). The molecule has 0 amide bonds. The lowest BCUT2D eigenvalue weighted by Gasteiger charge is -2.37. The van der Waals surface area contributed by atoms with Crippen molar-refractivity contribution >= 4 is 21.6 Å². The smallest absolute Gasteiger partial charge is 0.241 e. The highest BCUT2D eigenvalue weighted by atomic mass is 35.5. The summed E-state index contributed by atoms with van der Waals surface area (Å²) >= 11 is 6.07. The molecule has 1 aliphatic heterocycles. The molecule has 0 saturated heterocycles. The Balaban J connectivity index is 1.94. The molecule has 1 aliphatic rings. The summed E-state index contributed by atoms with van der Waals surface area (Å²) in [5.41, 5.74) is 0.351. The number of rotatable bonds is 4. The van der Waals surface area contributed by atoms with Crippen LogP contribution in [0.1, 0.15) is 31.9 Å². The largest absolute Gasteiger partial charge is 0.495 e. The minimum Gasteiger partial charge on any atom is -0.495 e. The van der Waals surface area contributed by atoms with Crippen molar-refractivity contribution in [2.45, 2.75) is 36.8 Å². The van der Waals surface area contributed by atoms with Gasteiger partial charge < -0.3 is 9.47 Å². The molecule has 2 aromatic carbocycles. The van der Waals surface area contributed by atoms with Crippen molar-refractivity contribution < 1.29 is 17.9 Å². The summed E-state index contributed by atoms with van der Waals surface area (Å²) in [6.07, 6.45) is 0.521. The van der Waals surface area contributed by atoms with Gasteiger partial charge in [0.2, 0.25) is 10.0 Å². The van der Waals surface area contributed by atoms with Gasteiger partial charge in [0.05, 0.1) is 23.1 Å². The molecule has 0 bridgehead atoms. The number of nitrogens with one attached hydrogen (secondary N) is 1. The van der Waals surface area contributed by atoms with Crippen molar-refractivity contribution in [1.82, 2.24) is 4.72 Å². The first-order valence-electron chi connectivity index (χ1n) is 7.86. The monoisotopic (exact) mass is 381 g/mol. The van der Waals surface area contributed by atoms with Gasteiger partial charge >= 0.3 is 0 Å². The number of hydrogen-bond donors (Lipinski definition) is 1. The molecule has 5 nitrogen and oxygen atoms in total. The molecule has 0 radical (unpaired) electrons. The summed E-state index contributed by atoms with van der Waals surface area (Å²) in [4.78, 5) is 0.0973. The summed E-state index contributed by atoms with van der Waals surface area (Å²) in [7, 11) is -2.27. The van der Waals surface area contributed by atoms with Crippen molar-refractivity contribution in [2.75, 3.05) is 7.11 Å². The van der Waals surface area contributed by atoms with Gasteiger partial charge in [0.15, 0.2) is 0 Å². The predicted molar refractivity (Wildman–Crippen MR) is 96.8 cm³/mol. The highest BCUT2D eigenvalue weighted by Crippen LogP contribution is 2.40. The summed E-state index contributed by atoms with van der Waals surface area (Å²) < 4.78 is 39.4. The van der Waals surface area contributed by atoms with E-state index in [4.69, 9.17) is 21.1 Å². The van der Waals surface area contributed by atoms with Crippen LogP contribution in [0.4, 0.5) is 0 Å². The molecule has 2 aromatic rings. The normalized spacial score (nSPS) is 19.0. The molecule has 0 saturated carbocycles. The molecule has 0 aliphatic carbocycles. The fourth-order valence-corrected chi connectivity index (χ4v) is 4.54. The van der Waals surface area contributed by atoms with E-state index in [1.807, 2.05) is 38.1 Å². The lowest BCUT2D eigenvalue weighted by atomic mass is 9.90. The first kappa shape index (κ1) is 18.0. The molecular formula is C18H20ClNO4S. The van der Waals surface area contributed by atoms with Crippen LogP contribution in [0, 0.1) is 0 Å². The fraction of sp³-hybridized carbons (Fsp3) is 0.333. The van der Waals surface area contributed by atoms with Crippen LogP contribution in [0.3, 0.4) is 0 Å². The summed E-state index contributed by atoms with van der Waals surface area (Å²) in [5, 5.41) is 0.248. The Hall–Kier alpha value is -1.76. The Morgan fingerprint density at radius 2 is 1.96 bits per heavy atom. The van der Waals surface area contributed by atoms with Gasteiger partial charge in [-0.15, -0.1) is 0 Å². The molecule has 134 valence electrons. The van der Waals surface area contributed by atoms with Gasteiger partial charge in [0.1, 0.15) is 17.1 Å². The average molecular weight is 382 g/mol. The molecule has 7 heteroatoms. The number of methoxy groups -OCH3 is 1. The quantitative estimate of drug-likeness (QED) is 0.871. The maximum Gasteiger partial charge on any atom is 0.241 e. The van der Waals surface area contributed by atoms with Gasteiger partial charge in [-0.2, -0.15) is 0 Å². The third kappa shape index (κ3) is 3.76. The van der Waals surface area contributed by atoms with E-state index in [1.165, 1.54) is 19.2 Å². The Morgan fingerprint density at radius 3 is 2.64 bits per heavy atom. The van der Waals surface area contributed by atoms with Crippen LogP contribution in [-0.2, 0) is 10.0 Å². The van der Waals surface area contributed by atoms with Gasteiger partial charge in [-0.25, -0.2) is 13.1 Å². The van der Waals surface area contributed by atoms with Crippen LogP contribution in [0.15, 0.2) is 47.4 Å². The molecule has 0 spiro atoms. The van der Waals surface area contributed by atoms with E-state index in [1.54, 1.807) is 6.07 Å². The summed E-state index contributed by atoms with van der Waals surface area (Å²) in [6.45, 7) is 3.88. The van der Waals surface area contributed by atoms with Crippen molar-refractivity contribution in [2.24, 2.45) is 0 Å². The van der Waals surface area contributed by atoms with Crippen molar-refractivity contribution in [3.8, 4) is 11.5 Å². The number of sulfonamides is 1. The molecular weight excluding hydrogens is 362 g/mol. The Labute approximate surface area is 153 Å². The average Bonchev–Trinajstić information content (AvgIpc) is 2.53. The van der Waals surface area contributed by atoms with Crippen LogP contribution in [0.2, 0.25) is 5.02 Å². The van der Waals surface area contributed by atoms with E-state index >= 15 is 0 Å². The molecule has 1 atom stereocenters. The number of halogens is 1. The lowest BCUT2D eigenvalue weighted by molar-refractivity contribution is 0.0702. The van der Waals surface area contributed by atoms with Crippen molar-refractivity contribution in [3.05, 3.63) is 53.1 Å². The highest BCUT2D eigenvalue weighted by Gasteiger charge is 2.36.